The zero-order valence-corrected chi connectivity index (χ0v) is 14.4. The number of nitrogens with one attached hydrogen (secondary N) is 1. The van der Waals surface area contributed by atoms with Crippen molar-refractivity contribution in [3.63, 3.8) is 0 Å². The molecule has 5 rings (SSSR count). The highest BCUT2D eigenvalue weighted by molar-refractivity contribution is 7.13. The van der Waals surface area contributed by atoms with E-state index < -0.39 is 6.17 Å². The van der Waals surface area contributed by atoms with E-state index in [1.165, 1.54) is 17.4 Å². The Bertz CT molecular complexity index is 1150. The molecule has 0 bridgehead atoms. The zero-order chi connectivity index (χ0) is 17.7. The smallest absolute Gasteiger partial charge is 0.212 e. The number of halogens is 1. The fraction of sp³-hybridized carbons (Fsp3) is 0.0526. The summed E-state index contributed by atoms with van der Waals surface area (Å²) >= 11 is 1.50. The summed E-state index contributed by atoms with van der Waals surface area (Å²) in [5.41, 5.74) is 9.19. The zero-order valence-electron chi connectivity index (χ0n) is 13.6. The Morgan fingerprint density at radius 3 is 2.85 bits per heavy atom. The van der Waals surface area contributed by atoms with E-state index in [-0.39, 0.29) is 5.82 Å². The summed E-state index contributed by atoms with van der Waals surface area (Å²) in [5.74, 6) is 0.670. The number of aromatic nitrogens is 2. The van der Waals surface area contributed by atoms with Crippen LogP contribution in [0.3, 0.4) is 0 Å². The largest absolute Gasteiger partial charge is 0.370 e. The van der Waals surface area contributed by atoms with E-state index in [1.807, 2.05) is 52.4 Å². The van der Waals surface area contributed by atoms with Gasteiger partial charge < -0.3 is 5.73 Å². The van der Waals surface area contributed by atoms with Gasteiger partial charge in [-0.2, -0.15) is 0 Å². The summed E-state index contributed by atoms with van der Waals surface area (Å²) in [6.07, 6.45) is -0.405. The maximum absolute atomic E-state index is 14.4. The first-order chi connectivity index (χ1) is 12.7. The summed E-state index contributed by atoms with van der Waals surface area (Å²) in [6.45, 7) is 0. The highest BCUT2D eigenvalue weighted by Crippen LogP contribution is 2.35. The van der Waals surface area contributed by atoms with Crippen molar-refractivity contribution in [1.29, 1.82) is 0 Å². The van der Waals surface area contributed by atoms with Crippen molar-refractivity contribution in [3.05, 3.63) is 71.4 Å². The number of fused-ring (bicyclic) bond motifs is 3. The molecule has 1 aliphatic heterocycles. The number of benzene rings is 2. The number of rotatable bonds is 2. The third kappa shape index (κ3) is 2.28. The maximum Gasteiger partial charge on any atom is 0.212 e. The Balaban J connectivity index is 1.71. The van der Waals surface area contributed by atoms with Gasteiger partial charge in [0.2, 0.25) is 5.95 Å². The third-order valence-corrected chi connectivity index (χ3v) is 5.32. The molecule has 0 radical (unpaired) electrons. The molecule has 0 spiro atoms. The fourth-order valence-corrected chi connectivity index (χ4v) is 4.01. The van der Waals surface area contributed by atoms with E-state index in [4.69, 9.17) is 5.73 Å². The van der Waals surface area contributed by atoms with Crippen LogP contribution in [0.4, 0.5) is 10.3 Å². The minimum absolute atomic E-state index is 0.252. The second-order valence-electron chi connectivity index (χ2n) is 6.02. The molecule has 2 aromatic carbocycles. The summed E-state index contributed by atoms with van der Waals surface area (Å²) in [6, 6.07) is 16.7. The monoisotopic (exact) mass is 363 g/mol. The van der Waals surface area contributed by atoms with Gasteiger partial charge in [0.15, 0.2) is 12.1 Å². The molecule has 26 heavy (non-hydrogen) atoms. The van der Waals surface area contributed by atoms with Crippen LogP contribution in [-0.2, 0) is 0 Å². The highest BCUT2D eigenvalue weighted by Gasteiger charge is 2.25. The van der Waals surface area contributed by atoms with Crippen molar-refractivity contribution in [2.45, 2.75) is 6.17 Å². The average Bonchev–Trinajstić information content (AvgIpc) is 3.28. The normalized spacial score (nSPS) is 16.2. The van der Waals surface area contributed by atoms with E-state index in [2.05, 4.69) is 15.3 Å². The van der Waals surface area contributed by atoms with Crippen LogP contribution in [0.15, 0.2) is 65.0 Å². The van der Waals surface area contributed by atoms with Gasteiger partial charge in [-0.25, -0.2) is 14.4 Å². The van der Waals surface area contributed by atoms with Crippen molar-refractivity contribution in [3.8, 4) is 10.4 Å². The van der Waals surface area contributed by atoms with E-state index in [0.29, 0.717) is 17.5 Å². The van der Waals surface area contributed by atoms with Crippen molar-refractivity contribution in [2.75, 3.05) is 5.32 Å². The van der Waals surface area contributed by atoms with Crippen molar-refractivity contribution in [1.82, 2.24) is 9.55 Å². The molecule has 7 heteroatoms. The van der Waals surface area contributed by atoms with Crippen molar-refractivity contribution >= 4 is 34.3 Å². The number of para-hydroxylation sites is 2. The summed E-state index contributed by atoms with van der Waals surface area (Å²) in [7, 11) is 0. The first-order valence-electron chi connectivity index (χ1n) is 8.11. The average molecular weight is 363 g/mol. The molecular formula is C19H14FN5S. The van der Waals surface area contributed by atoms with Gasteiger partial charge in [0.05, 0.1) is 11.0 Å². The van der Waals surface area contributed by atoms with Crippen molar-refractivity contribution in [2.24, 2.45) is 10.7 Å². The predicted octanol–water partition coefficient (Wildman–Crippen LogP) is 4.19. The predicted molar refractivity (Wildman–Crippen MR) is 103 cm³/mol. The Morgan fingerprint density at radius 2 is 2.00 bits per heavy atom. The van der Waals surface area contributed by atoms with Crippen LogP contribution >= 0.6 is 11.3 Å². The number of anilines is 1. The second-order valence-corrected chi connectivity index (χ2v) is 6.97. The van der Waals surface area contributed by atoms with Crippen molar-refractivity contribution < 1.29 is 4.39 Å². The quantitative estimate of drug-likeness (QED) is 0.561. The van der Waals surface area contributed by atoms with Gasteiger partial charge >= 0.3 is 0 Å². The van der Waals surface area contributed by atoms with Crippen LogP contribution in [0.25, 0.3) is 21.5 Å². The second kappa shape index (κ2) is 5.67. The lowest BCUT2D eigenvalue weighted by Gasteiger charge is -2.24. The Labute approximate surface area is 152 Å². The summed E-state index contributed by atoms with van der Waals surface area (Å²) in [5, 5.41) is 4.94. The van der Waals surface area contributed by atoms with Gasteiger partial charge in [-0.3, -0.25) is 9.88 Å². The molecule has 128 valence electrons. The molecule has 3 heterocycles. The summed E-state index contributed by atoms with van der Waals surface area (Å²) < 4.78 is 16.4. The molecule has 0 fully saturated rings. The summed E-state index contributed by atoms with van der Waals surface area (Å²) in [4.78, 5) is 10.0. The first kappa shape index (κ1) is 15.1. The number of hydrogen-bond acceptors (Lipinski definition) is 5. The number of guanidine groups is 1. The maximum atomic E-state index is 14.4. The molecule has 4 aromatic rings. The molecule has 0 unspecified atom stereocenters. The van der Waals surface area contributed by atoms with Gasteiger partial charge in [0.25, 0.3) is 0 Å². The SMILES string of the molecule is NC1=N[C@H](c2ccc(F)c(-c3cccs3)c2)n2c(nc3ccccc32)N1. The number of nitrogens with two attached hydrogens (primary N) is 1. The highest BCUT2D eigenvalue weighted by atomic mass is 32.1. The number of nitrogens with zero attached hydrogens (tertiary/aromatic N) is 3. The minimum atomic E-state index is -0.405. The molecule has 1 aliphatic rings. The molecule has 0 aliphatic carbocycles. The molecule has 0 amide bonds. The van der Waals surface area contributed by atoms with Crippen LogP contribution in [0.5, 0.6) is 0 Å². The van der Waals surface area contributed by atoms with Crippen LogP contribution < -0.4 is 11.1 Å². The van der Waals surface area contributed by atoms with Gasteiger partial charge in [-0.05, 0) is 41.3 Å². The molecule has 3 N–H and O–H groups in total. The van der Waals surface area contributed by atoms with E-state index in [0.717, 1.165) is 21.5 Å². The standard InChI is InChI=1S/C19H14FN5S/c20-13-8-7-11(10-12(13)16-6-3-9-26-16)17-23-18(21)24-19-22-14-4-1-2-5-15(14)25(17)19/h1-10,17H,(H3,21,22,23,24)/t17-/m0/s1. The van der Waals surface area contributed by atoms with E-state index >= 15 is 0 Å². The van der Waals surface area contributed by atoms with Crippen LogP contribution in [0.1, 0.15) is 11.7 Å². The Hall–Kier alpha value is -3.19. The molecule has 5 nitrogen and oxygen atoms in total. The first-order valence-corrected chi connectivity index (χ1v) is 8.99. The Kier molecular flexibility index (Phi) is 3.29. The molecule has 1 atom stereocenters. The topological polar surface area (TPSA) is 68.2 Å². The Morgan fingerprint density at radius 1 is 1.12 bits per heavy atom. The van der Waals surface area contributed by atoms with Crippen LogP contribution in [-0.4, -0.2) is 15.5 Å². The van der Waals surface area contributed by atoms with E-state index in [9.17, 15) is 4.39 Å². The van der Waals surface area contributed by atoms with Crippen LogP contribution in [0, 0.1) is 5.82 Å². The lowest BCUT2D eigenvalue weighted by atomic mass is 10.1. The number of aliphatic imine (C=N–C) groups is 1. The molecule has 2 aromatic heterocycles. The lowest BCUT2D eigenvalue weighted by molar-refractivity contribution is 0.612. The molecule has 0 saturated heterocycles. The van der Waals surface area contributed by atoms with Gasteiger partial charge in [-0.15, -0.1) is 11.3 Å². The van der Waals surface area contributed by atoms with Crippen LogP contribution in [0.2, 0.25) is 0 Å². The molecular weight excluding hydrogens is 349 g/mol. The fourth-order valence-electron chi connectivity index (χ4n) is 3.26. The van der Waals surface area contributed by atoms with Gasteiger partial charge in [0.1, 0.15) is 5.82 Å². The minimum Gasteiger partial charge on any atom is -0.370 e. The van der Waals surface area contributed by atoms with Gasteiger partial charge in [0, 0.05) is 10.4 Å². The van der Waals surface area contributed by atoms with E-state index in [1.54, 1.807) is 6.07 Å². The number of thiophene rings is 1. The molecule has 0 saturated carbocycles. The van der Waals surface area contributed by atoms with Gasteiger partial charge in [-0.1, -0.05) is 24.3 Å². The number of imidazole rings is 1. The number of hydrogen-bond donors (Lipinski definition) is 2. The third-order valence-electron chi connectivity index (χ3n) is 4.42. The lowest BCUT2D eigenvalue weighted by Crippen LogP contribution is -2.31.